The SMILES string of the molecule is CCOc1cc(C#N)cc(Br)c1OC(=O)Cc1ccc(C)cc1. The van der Waals surface area contributed by atoms with Gasteiger partial charge < -0.3 is 9.47 Å². The van der Waals surface area contributed by atoms with Gasteiger partial charge in [-0.2, -0.15) is 5.26 Å². The van der Waals surface area contributed by atoms with Gasteiger partial charge in [0.05, 0.1) is 29.1 Å². The van der Waals surface area contributed by atoms with E-state index in [0.29, 0.717) is 28.1 Å². The van der Waals surface area contributed by atoms with Gasteiger partial charge in [0.1, 0.15) is 0 Å². The zero-order valence-electron chi connectivity index (χ0n) is 12.9. The Morgan fingerprint density at radius 3 is 2.57 bits per heavy atom. The Bertz CT molecular complexity index is 748. The van der Waals surface area contributed by atoms with E-state index >= 15 is 0 Å². The lowest BCUT2D eigenvalue weighted by Gasteiger charge is -2.13. The number of benzene rings is 2. The zero-order valence-corrected chi connectivity index (χ0v) is 14.5. The minimum absolute atomic E-state index is 0.165. The van der Waals surface area contributed by atoms with E-state index in [1.165, 1.54) is 0 Å². The Balaban J connectivity index is 2.19. The molecule has 23 heavy (non-hydrogen) atoms. The van der Waals surface area contributed by atoms with E-state index in [0.717, 1.165) is 11.1 Å². The highest BCUT2D eigenvalue weighted by molar-refractivity contribution is 9.10. The van der Waals surface area contributed by atoms with Crippen LogP contribution in [0, 0.1) is 18.3 Å². The third-order valence-corrected chi connectivity index (χ3v) is 3.71. The number of rotatable bonds is 5. The number of ether oxygens (including phenoxy) is 2. The van der Waals surface area contributed by atoms with Crippen molar-refractivity contribution in [2.45, 2.75) is 20.3 Å². The number of hydrogen-bond acceptors (Lipinski definition) is 4. The molecular weight excluding hydrogens is 358 g/mol. The second kappa shape index (κ2) is 7.80. The normalized spacial score (nSPS) is 10.0. The molecule has 0 fully saturated rings. The molecule has 4 nitrogen and oxygen atoms in total. The standard InChI is InChI=1S/C18H16BrNO3/c1-3-22-16-9-14(11-20)8-15(19)18(16)23-17(21)10-13-6-4-12(2)5-7-13/h4-9H,3,10H2,1-2H3. The van der Waals surface area contributed by atoms with Crippen molar-refractivity contribution in [3.05, 3.63) is 57.6 Å². The quantitative estimate of drug-likeness (QED) is 0.582. The predicted octanol–water partition coefficient (Wildman–Crippen LogP) is 4.18. The number of hydrogen-bond donors (Lipinski definition) is 0. The van der Waals surface area contributed by atoms with E-state index in [9.17, 15) is 4.79 Å². The first-order valence-electron chi connectivity index (χ1n) is 7.16. The molecule has 2 aromatic rings. The average molecular weight is 374 g/mol. The lowest BCUT2D eigenvalue weighted by molar-refractivity contribution is -0.133. The fourth-order valence-electron chi connectivity index (χ4n) is 2.02. The van der Waals surface area contributed by atoms with E-state index in [2.05, 4.69) is 15.9 Å². The van der Waals surface area contributed by atoms with Crippen molar-refractivity contribution in [2.75, 3.05) is 6.61 Å². The summed E-state index contributed by atoms with van der Waals surface area (Å²) in [6, 6.07) is 12.9. The Morgan fingerprint density at radius 1 is 1.26 bits per heavy atom. The summed E-state index contributed by atoms with van der Waals surface area (Å²) in [5, 5.41) is 9.01. The molecule has 0 aliphatic heterocycles. The zero-order chi connectivity index (χ0) is 16.8. The molecule has 2 aromatic carbocycles. The highest BCUT2D eigenvalue weighted by Gasteiger charge is 2.16. The van der Waals surface area contributed by atoms with E-state index < -0.39 is 0 Å². The Labute approximate surface area is 143 Å². The fourth-order valence-corrected chi connectivity index (χ4v) is 2.54. The molecule has 0 bridgehead atoms. The van der Waals surface area contributed by atoms with Crippen LogP contribution in [-0.4, -0.2) is 12.6 Å². The number of nitriles is 1. The maximum Gasteiger partial charge on any atom is 0.315 e. The maximum absolute atomic E-state index is 12.2. The molecule has 0 aromatic heterocycles. The molecule has 0 saturated heterocycles. The number of halogens is 1. The van der Waals surface area contributed by atoms with Crippen LogP contribution in [0.4, 0.5) is 0 Å². The largest absolute Gasteiger partial charge is 0.490 e. The summed E-state index contributed by atoms with van der Waals surface area (Å²) in [5.41, 5.74) is 2.44. The van der Waals surface area contributed by atoms with Crippen molar-refractivity contribution in [1.29, 1.82) is 5.26 Å². The van der Waals surface area contributed by atoms with Gasteiger partial charge in [0.2, 0.25) is 0 Å². The minimum Gasteiger partial charge on any atom is -0.490 e. The topological polar surface area (TPSA) is 59.3 Å². The van der Waals surface area contributed by atoms with Crippen molar-refractivity contribution >= 4 is 21.9 Å². The van der Waals surface area contributed by atoms with Gasteiger partial charge in [0, 0.05) is 6.07 Å². The summed E-state index contributed by atoms with van der Waals surface area (Å²) >= 11 is 3.32. The molecule has 0 radical (unpaired) electrons. The third-order valence-electron chi connectivity index (χ3n) is 3.12. The molecule has 118 valence electrons. The van der Waals surface area contributed by atoms with Gasteiger partial charge in [0.25, 0.3) is 0 Å². The first-order valence-corrected chi connectivity index (χ1v) is 7.95. The number of carbonyl (C=O) groups is 1. The summed E-state index contributed by atoms with van der Waals surface area (Å²) in [6.45, 7) is 4.22. The fraction of sp³-hybridized carbons (Fsp3) is 0.222. The molecule has 0 unspecified atom stereocenters. The minimum atomic E-state index is -0.389. The van der Waals surface area contributed by atoms with Gasteiger partial charge in [-0.3, -0.25) is 4.79 Å². The molecule has 0 saturated carbocycles. The number of aryl methyl sites for hydroxylation is 1. The Kier molecular flexibility index (Phi) is 5.78. The first-order chi connectivity index (χ1) is 11.0. The lowest BCUT2D eigenvalue weighted by atomic mass is 10.1. The molecule has 0 aliphatic carbocycles. The van der Waals surface area contributed by atoms with Crippen molar-refractivity contribution in [2.24, 2.45) is 0 Å². The summed E-state index contributed by atoms with van der Waals surface area (Å²) in [5.74, 6) is 0.277. The summed E-state index contributed by atoms with van der Waals surface area (Å²) in [6.07, 6.45) is 0.165. The van der Waals surface area contributed by atoms with Crippen LogP contribution in [0.25, 0.3) is 0 Å². The molecule has 0 spiro atoms. The third kappa shape index (κ3) is 4.57. The van der Waals surface area contributed by atoms with Crippen molar-refractivity contribution in [3.8, 4) is 17.6 Å². The van der Waals surface area contributed by atoms with Gasteiger partial charge in [-0.25, -0.2) is 0 Å². The summed E-state index contributed by atoms with van der Waals surface area (Å²) in [4.78, 5) is 12.2. The molecule has 0 atom stereocenters. The number of carbonyl (C=O) groups excluding carboxylic acids is 1. The first kappa shape index (κ1) is 17.0. The molecule has 5 heteroatoms. The Morgan fingerprint density at radius 2 is 1.96 bits per heavy atom. The van der Waals surface area contributed by atoms with Gasteiger partial charge in [-0.1, -0.05) is 29.8 Å². The predicted molar refractivity (Wildman–Crippen MR) is 90.5 cm³/mol. The van der Waals surface area contributed by atoms with Crippen LogP contribution in [0.1, 0.15) is 23.6 Å². The Hall–Kier alpha value is -2.32. The molecule has 0 aliphatic rings. The van der Waals surface area contributed by atoms with Crippen LogP contribution in [0.5, 0.6) is 11.5 Å². The van der Waals surface area contributed by atoms with E-state index in [1.54, 1.807) is 12.1 Å². The summed E-state index contributed by atoms with van der Waals surface area (Å²) < 4.78 is 11.4. The molecule has 0 heterocycles. The monoisotopic (exact) mass is 373 g/mol. The van der Waals surface area contributed by atoms with E-state index in [-0.39, 0.29) is 12.4 Å². The van der Waals surface area contributed by atoms with E-state index in [4.69, 9.17) is 14.7 Å². The molecular formula is C18H16BrNO3. The number of esters is 1. The average Bonchev–Trinajstić information content (AvgIpc) is 2.53. The van der Waals surface area contributed by atoms with Gasteiger partial charge in [-0.15, -0.1) is 0 Å². The number of nitrogens with zero attached hydrogens (tertiary/aromatic N) is 1. The molecule has 0 N–H and O–H groups in total. The maximum atomic E-state index is 12.2. The highest BCUT2D eigenvalue weighted by atomic mass is 79.9. The van der Waals surface area contributed by atoms with Gasteiger partial charge in [-0.05, 0) is 41.4 Å². The van der Waals surface area contributed by atoms with Crippen LogP contribution in [0.2, 0.25) is 0 Å². The second-order valence-corrected chi connectivity index (χ2v) is 5.82. The van der Waals surface area contributed by atoms with Crippen molar-refractivity contribution in [1.82, 2.24) is 0 Å². The van der Waals surface area contributed by atoms with Crippen molar-refractivity contribution < 1.29 is 14.3 Å². The van der Waals surface area contributed by atoms with Crippen LogP contribution < -0.4 is 9.47 Å². The van der Waals surface area contributed by atoms with Crippen LogP contribution >= 0.6 is 15.9 Å². The smallest absolute Gasteiger partial charge is 0.315 e. The van der Waals surface area contributed by atoms with Gasteiger partial charge >= 0.3 is 5.97 Å². The highest BCUT2D eigenvalue weighted by Crippen LogP contribution is 2.37. The molecule has 2 rings (SSSR count). The van der Waals surface area contributed by atoms with Gasteiger partial charge in [0.15, 0.2) is 11.5 Å². The van der Waals surface area contributed by atoms with E-state index in [1.807, 2.05) is 44.2 Å². The summed E-state index contributed by atoms with van der Waals surface area (Å²) in [7, 11) is 0. The van der Waals surface area contributed by atoms with Crippen LogP contribution in [0.15, 0.2) is 40.9 Å². The van der Waals surface area contributed by atoms with Crippen LogP contribution in [0.3, 0.4) is 0 Å². The lowest BCUT2D eigenvalue weighted by Crippen LogP contribution is -2.12. The van der Waals surface area contributed by atoms with Crippen molar-refractivity contribution in [3.63, 3.8) is 0 Å². The molecule has 0 amide bonds. The second-order valence-electron chi connectivity index (χ2n) is 4.97. The van der Waals surface area contributed by atoms with Crippen LogP contribution in [-0.2, 0) is 11.2 Å².